The van der Waals surface area contributed by atoms with Crippen LogP contribution in [0.1, 0.15) is 31.6 Å². The van der Waals surface area contributed by atoms with Gasteiger partial charge in [-0.2, -0.15) is 0 Å². The van der Waals surface area contributed by atoms with Crippen LogP contribution >= 0.6 is 28.7 Å². The Kier molecular flexibility index (Phi) is 9.61. The second-order valence-electron chi connectivity index (χ2n) is 7.87. The van der Waals surface area contributed by atoms with Gasteiger partial charge >= 0.3 is 5.97 Å². The molecule has 2 aromatic rings. The summed E-state index contributed by atoms with van der Waals surface area (Å²) in [6, 6.07) is 15.8. The van der Waals surface area contributed by atoms with Crippen LogP contribution in [0.25, 0.3) is 0 Å². The van der Waals surface area contributed by atoms with Crippen LogP contribution < -0.4 is 9.64 Å². The standard InChI is InChI=1S/C24H30N2O4S.BrH/c1-16(2)25(4)14-15-26-20-8-6-7-9-21(20)31-23(22(24(26)28)30-17(3)27)18-10-12-19(29-5)13-11-18;/h6-13,16,22-23H,14-15H2,1-5H3;1H/t22-,23+;/m0./s1. The fourth-order valence-electron chi connectivity index (χ4n) is 3.45. The van der Waals surface area contributed by atoms with Gasteiger partial charge in [-0.1, -0.05) is 24.3 Å². The normalized spacial score (nSPS) is 18.1. The van der Waals surface area contributed by atoms with Crippen molar-refractivity contribution < 1.29 is 19.1 Å². The number of likely N-dealkylation sites (N-methyl/N-ethyl adjacent to an activating group) is 1. The van der Waals surface area contributed by atoms with Crippen molar-refractivity contribution in [2.24, 2.45) is 0 Å². The van der Waals surface area contributed by atoms with Crippen LogP contribution in [0, 0.1) is 0 Å². The van der Waals surface area contributed by atoms with Crippen molar-refractivity contribution in [3.05, 3.63) is 54.1 Å². The molecule has 0 aliphatic carbocycles. The van der Waals surface area contributed by atoms with E-state index in [4.69, 9.17) is 9.47 Å². The van der Waals surface area contributed by atoms with Crippen molar-refractivity contribution in [2.45, 2.75) is 43.1 Å². The molecule has 1 aliphatic rings. The highest BCUT2D eigenvalue weighted by Gasteiger charge is 2.40. The Morgan fingerprint density at radius 2 is 1.81 bits per heavy atom. The molecular formula is C24H31BrN2O4S. The van der Waals surface area contributed by atoms with Crippen molar-refractivity contribution >= 4 is 46.3 Å². The number of nitrogens with zero attached hydrogens (tertiary/aromatic N) is 2. The Hall–Kier alpha value is -2.03. The molecule has 0 N–H and O–H groups in total. The second-order valence-corrected chi connectivity index (χ2v) is 9.06. The van der Waals surface area contributed by atoms with Gasteiger partial charge in [-0.15, -0.1) is 28.7 Å². The number of hydrogen-bond donors (Lipinski definition) is 0. The molecule has 0 radical (unpaired) electrons. The summed E-state index contributed by atoms with van der Waals surface area (Å²) in [5.41, 5.74) is 1.75. The first-order valence-corrected chi connectivity index (χ1v) is 11.3. The highest BCUT2D eigenvalue weighted by Crippen LogP contribution is 2.46. The summed E-state index contributed by atoms with van der Waals surface area (Å²) in [7, 11) is 3.65. The number of carbonyl (C=O) groups excluding carboxylic acids is 2. The van der Waals surface area contributed by atoms with Crippen molar-refractivity contribution in [3.63, 3.8) is 0 Å². The summed E-state index contributed by atoms with van der Waals surface area (Å²) in [4.78, 5) is 30.6. The molecule has 174 valence electrons. The third kappa shape index (κ3) is 6.05. The zero-order valence-electron chi connectivity index (χ0n) is 19.1. The molecule has 0 fully saturated rings. The van der Waals surface area contributed by atoms with Crippen LogP contribution in [0.3, 0.4) is 0 Å². The molecular weight excluding hydrogens is 492 g/mol. The maximum absolute atomic E-state index is 13.7. The molecule has 2 atom stereocenters. The minimum Gasteiger partial charge on any atom is -0.497 e. The summed E-state index contributed by atoms with van der Waals surface area (Å²) < 4.78 is 10.9. The number of para-hydroxylation sites is 1. The van der Waals surface area contributed by atoms with Crippen molar-refractivity contribution in [2.75, 3.05) is 32.1 Å². The van der Waals surface area contributed by atoms with Gasteiger partial charge in [0.1, 0.15) is 5.75 Å². The van der Waals surface area contributed by atoms with E-state index in [-0.39, 0.29) is 28.1 Å². The van der Waals surface area contributed by atoms with Crippen LogP contribution in [0.4, 0.5) is 5.69 Å². The Bertz CT molecular complexity index is 922. The lowest BCUT2D eigenvalue weighted by atomic mass is 10.1. The molecule has 1 amide bonds. The minimum absolute atomic E-state index is 0. The lowest BCUT2D eigenvalue weighted by molar-refractivity contribution is -0.152. The number of esters is 1. The third-order valence-electron chi connectivity index (χ3n) is 5.49. The zero-order valence-corrected chi connectivity index (χ0v) is 21.6. The van der Waals surface area contributed by atoms with Gasteiger partial charge in [-0.25, -0.2) is 0 Å². The van der Waals surface area contributed by atoms with E-state index in [0.717, 1.165) is 21.9 Å². The molecule has 2 aromatic carbocycles. The average molecular weight is 523 g/mol. The second kappa shape index (κ2) is 11.7. The molecule has 32 heavy (non-hydrogen) atoms. The maximum atomic E-state index is 13.7. The van der Waals surface area contributed by atoms with E-state index in [1.807, 2.05) is 55.6 Å². The monoisotopic (exact) mass is 522 g/mol. The topological polar surface area (TPSA) is 59.1 Å². The number of amides is 1. The number of anilines is 1. The van der Waals surface area contributed by atoms with Crippen LogP contribution in [-0.4, -0.2) is 56.2 Å². The predicted molar refractivity (Wildman–Crippen MR) is 134 cm³/mol. The van der Waals surface area contributed by atoms with E-state index in [2.05, 4.69) is 18.7 Å². The van der Waals surface area contributed by atoms with Crippen LogP contribution in [0.15, 0.2) is 53.4 Å². The quantitative estimate of drug-likeness (QED) is 0.490. The van der Waals surface area contributed by atoms with Crippen LogP contribution in [0.5, 0.6) is 5.75 Å². The number of rotatable bonds is 7. The largest absolute Gasteiger partial charge is 0.497 e. The molecule has 0 saturated heterocycles. The number of ether oxygens (including phenoxy) is 2. The lowest BCUT2D eigenvalue weighted by Gasteiger charge is -2.30. The van der Waals surface area contributed by atoms with Gasteiger partial charge in [0.25, 0.3) is 5.91 Å². The van der Waals surface area contributed by atoms with Crippen molar-refractivity contribution in [3.8, 4) is 5.75 Å². The van der Waals surface area contributed by atoms with Gasteiger partial charge in [0.05, 0.1) is 18.0 Å². The Morgan fingerprint density at radius 3 is 2.41 bits per heavy atom. The SMILES string of the molecule is Br.COc1ccc([C@H]2Sc3ccccc3N(CCN(C)C(C)C)C(=O)[C@H]2OC(C)=O)cc1. The molecule has 0 spiro atoms. The van der Waals surface area contributed by atoms with Gasteiger partial charge in [-0.3, -0.25) is 9.59 Å². The number of benzene rings is 2. The summed E-state index contributed by atoms with van der Waals surface area (Å²) in [6.45, 7) is 6.81. The number of halogens is 1. The van der Waals surface area contributed by atoms with Gasteiger partial charge in [0, 0.05) is 31.0 Å². The van der Waals surface area contributed by atoms with E-state index in [1.165, 1.54) is 6.92 Å². The Balaban J connectivity index is 0.00000363. The first-order valence-electron chi connectivity index (χ1n) is 10.4. The Morgan fingerprint density at radius 1 is 1.16 bits per heavy atom. The smallest absolute Gasteiger partial charge is 0.303 e. The first kappa shape index (κ1) is 26.2. The number of hydrogen-bond acceptors (Lipinski definition) is 6. The number of carbonyl (C=O) groups is 2. The van der Waals surface area contributed by atoms with Crippen LogP contribution in [-0.2, 0) is 14.3 Å². The van der Waals surface area contributed by atoms with E-state index < -0.39 is 12.1 Å². The minimum atomic E-state index is -0.923. The molecule has 0 saturated carbocycles. The zero-order chi connectivity index (χ0) is 22.5. The highest BCUT2D eigenvalue weighted by molar-refractivity contribution is 8.93. The van der Waals surface area contributed by atoms with Crippen molar-refractivity contribution in [1.29, 1.82) is 0 Å². The summed E-state index contributed by atoms with van der Waals surface area (Å²) in [5, 5.41) is -0.365. The summed E-state index contributed by atoms with van der Waals surface area (Å²) >= 11 is 1.55. The van der Waals surface area contributed by atoms with Crippen LogP contribution in [0.2, 0.25) is 0 Å². The van der Waals surface area contributed by atoms with Gasteiger partial charge in [0.2, 0.25) is 0 Å². The van der Waals surface area contributed by atoms with Crippen molar-refractivity contribution in [1.82, 2.24) is 4.90 Å². The predicted octanol–water partition coefficient (Wildman–Crippen LogP) is 4.73. The third-order valence-corrected chi connectivity index (χ3v) is 6.86. The number of thioether (sulfide) groups is 1. The van der Waals surface area contributed by atoms with Gasteiger partial charge in [-0.05, 0) is 50.7 Å². The fraction of sp³-hybridized carbons (Fsp3) is 0.417. The maximum Gasteiger partial charge on any atom is 0.303 e. The molecule has 0 unspecified atom stereocenters. The summed E-state index contributed by atoms with van der Waals surface area (Å²) in [6.07, 6.45) is -0.923. The molecule has 3 rings (SSSR count). The lowest BCUT2D eigenvalue weighted by Crippen LogP contribution is -2.46. The van der Waals surface area contributed by atoms with E-state index in [9.17, 15) is 9.59 Å². The number of methoxy groups -OCH3 is 1. The highest BCUT2D eigenvalue weighted by atomic mass is 79.9. The van der Waals surface area contributed by atoms with Gasteiger partial charge in [0.15, 0.2) is 6.10 Å². The Labute approximate surface area is 205 Å². The molecule has 0 aromatic heterocycles. The average Bonchev–Trinajstić information content (AvgIpc) is 2.87. The number of fused-ring (bicyclic) bond motifs is 1. The van der Waals surface area contributed by atoms with E-state index in [0.29, 0.717) is 19.1 Å². The van der Waals surface area contributed by atoms with E-state index in [1.54, 1.807) is 23.8 Å². The molecule has 6 nitrogen and oxygen atoms in total. The molecule has 0 bridgehead atoms. The first-order chi connectivity index (χ1) is 14.8. The summed E-state index contributed by atoms with van der Waals surface area (Å²) in [5.74, 6) is 0.0600. The molecule has 1 aliphatic heterocycles. The van der Waals surface area contributed by atoms with E-state index >= 15 is 0 Å². The molecule has 8 heteroatoms. The van der Waals surface area contributed by atoms with Gasteiger partial charge < -0.3 is 19.3 Å². The fourth-order valence-corrected chi connectivity index (χ4v) is 4.77. The molecule has 1 heterocycles.